The van der Waals surface area contributed by atoms with E-state index < -0.39 is 0 Å². The number of halogens is 1. The molecule has 0 saturated carbocycles. The highest BCUT2D eigenvalue weighted by Gasteiger charge is 2.17. The van der Waals surface area contributed by atoms with Gasteiger partial charge < -0.3 is 9.80 Å². The molecule has 2 aromatic heterocycles. The van der Waals surface area contributed by atoms with E-state index in [0.717, 1.165) is 32.0 Å². The molecule has 3 rings (SSSR count). The number of piperazine rings is 1. The van der Waals surface area contributed by atoms with Crippen molar-refractivity contribution < 1.29 is 0 Å². The lowest BCUT2D eigenvalue weighted by molar-refractivity contribution is 0.647. The number of nitrogens with zero attached hydrogens (tertiary/aromatic N) is 4. The van der Waals surface area contributed by atoms with Crippen LogP contribution in [0.25, 0.3) is 0 Å². The molecule has 5 heteroatoms. The number of hydrogen-bond acceptors (Lipinski definition) is 4. The lowest BCUT2D eigenvalue weighted by Crippen LogP contribution is -2.46. The van der Waals surface area contributed by atoms with Crippen LogP contribution in [-0.2, 0) is 0 Å². The zero-order valence-electron chi connectivity index (χ0n) is 10.5. The zero-order chi connectivity index (χ0) is 13.1. The van der Waals surface area contributed by atoms with Crippen LogP contribution >= 0.6 is 11.6 Å². The van der Waals surface area contributed by atoms with Crippen molar-refractivity contribution in [2.45, 2.75) is 0 Å². The maximum atomic E-state index is 5.86. The van der Waals surface area contributed by atoms with Crippen molar-refractivity contribution in [3.8, 4) is 0 Å². The quantitative estimate of drug-likeness (QED) is 0.842. The van der Waals surface area contributed by atoms with Crippen LogP contribution in [0.1, 0.15) is 0 Å². The third-order valence-corrected chi connectivity index (χ3v) is 3.57. The molecular formula is C14H15ClN4. The second kappa shape index (κ2) is 5.45. The Hall–Kier alpha value is -1.81. The molecule has 1 saturated heterocycles. The second-order valence-electron chi connectivity index (χ2n) is 4.51. The van der Waals surface area contributed by atoms with E-state index in [1.807, 2.05) is 24.5 Å². The molecule has 0 N–H and O–H groups in total. The summed E-state index contributed by atoms with van der Waals surface area (Å²) in [6, 6.07) is 7.97. The molecule has 0 aromatic carbocycles. The molecule has 19 heavy (non-hydrogen) atoms. The molecule has 0 amide bonds. The van der Waals surface area contributed by atoms with Gasteiger partial charge in [0.2, 0.25) is 0 Å². The number of rotatable bonds is 2. The third-order valence-electron chi connectivity index (χ3n) is 3.34. The number of aromatic nitrogens is 2. The fourth-order valence-corrected chi connectivity index (χ4v) is 2.42. The highest BCUT2D eigenvalue weighted by Crippen LogP contribution is 2.19. The minimum absolute atomic E-state index is 0.680. The molecule has 0 atom stereocenters. The van der Waals surface area contributed by atoms with Crippen molar-refractivity contribution in [1.82, 2.24) is 9.97 Å². The summed E-state index contributed by atoms with van der Waals surface area (Å²) in [4.78, 5) is 13.1. The summed E-state index contributed by atoms with van der Waals surface area (Å²) in [5.41, 5.74) is 1.23. The van der Waals surface area contributed by atoms with Gasteiger partial charge in [0.1, 0.15) is 5.82 Å². The normalized spacial score (nSPS) is 15.6. The van der Waals surface area contributed by atoms with Crippen LogP contribution < -0.4 is 9.80 Å². The van der Waals surface area contributed by atoms with Gasteiger partial charge in [-0.05, 0) is 24.3 Å². The first-order valence-electron chi connectivity index (χ1n) is 6.34. The van der Waals surface area contributed by atoms with Crippen molar-refractivity contribution in [1.29, 1.82) is 0 Å². The van der Waals surface area contributed by atoms with Gasteiger partial charge in [0.15, 0.2) is 0 Å². The fourth-order valence-electron chi connectivity index (χ4n) is 2.30. The number of pyridine rings is 2. The maximum Gasteiger partial charge on any atom is 0.128 e. The van der Waals surface area contributed by atoms with Crippen LogP contribution in [0.4, 0.5) is 11.5 Å². The Balaban J connectivity index is 1.65. The Morgan fingerprint density at radius 1 is 0.895 bits per heavy atom. The Bertz CT molecular complexity index is 521. The van der Waals surface area contributed by atoms with Crippen molar-refractivity contribution in [3.05, 3.63) is 47.9 Å². The van der Waals surface area contributed by atoms with E-state index in [-0.39, 0.29) is 0 Å². The lowest BCUT2D eigenvalue weighted by atomic mass is 10.2. The van der Waals surface area contributed by atoms with Gasteiger partial charge in [0.25, 0.3) is 0 Å². The van der Waals surface area contributed by atoms with E-state index in [1.165, 1.54) is 5.69 Å². The highest BCUT2D eigenvalue weighted by molar-refractivity contribution is 6.30. The summed E-state index contributed by atoms with van der Waals surface area (Å²) in [6.45, 7) is 3.93. The summed E-state index contributed by atoms with van der Waals surface area (Å²) < 4.78 is 0. The summed E-state index contributed by atoms with van der Waals surface area (Å²) in [5.74, 6) is 0.999. The van der Waals surface area contributed by atoms with Crippen LogP contribution in [0, 0.1) is 0 Å². The van der Waals surface area contributed by atoms with Crippen LogP contribution in [0.5, 0.6) is 0 Å². The van der Waals surface area contributed by atoms with Gasteiger partial charge in [-0.3, -0.25) is 4.98 Å². The van der Waals surface area contributed by atoms with Gasteiger partial charge in [-0.15, -0.1) is 0 Å². The number of hydrogen-bond donors (Lipinski definition) is 0. The summed E-state index contributed by atoms with van der Waals surface area (Å²) >= 11 is 5.86. The Morgan fingerprint density at radius 2 is 1.58 bits per heavy atom. The monoisotopic (exact) mass is 274 g/mol. The first kappa shape index (κ1) is 12.2. The molecule has 3 heterocycles. The Kier molecular flexibility index (Phi) is 3.51. The van der Waals surface area contributed by atoms with Crippen LogP contribution in [0.3, 0.4) is 0 Å². The van der Waals surface area contributed by atoms with Gasteiger partial charge in [-0.1, -0.05) is 11.6 Å². The van der Waals surface area contributed by atoms with Gasteiger partial charge in [-0.2, -0.15) is 0 Å². The summed E-state index contributed by atoms with van der Waals surface area (Å²) in [6.07, 6.45) is 5.37. The smallest absolute Gasteiger partial charge is 0.128 e. The molecule has 0 unspecified atom stereocenters. The molecule has 1 aliphatic heterocycles. The van der Waals surface area contributed by atoms with Gasteiger partial charge in [0.05, 0.1) is 5.02 Å². The molecule has 0 bridgehead atoms. The molecular weight excluding hydrogens is 260 g/mol. The molecule has 0 spiro atoms. The highest BCUT2D eigenvalue weighted by atomic mass is 35.5. The fraction of sp³-hybridized carbons (Fsp3) is 0.286. The summed E-state index contributed by atoms with van der Waals surface area (Å²) in [7, 11) is 0. The first-order valence-corrected chi connectivity index (χ1v) is 6.72. The Morgan fingerprint density at radius 3 is 2.21 bits per heavy atom. The van der Waals surface area contributed by atoms with E-state index in [1.54, 1.807) is 6.20 Å². The standard InChI is InChI=1S/C14H15ClN4/c15-12-1-2-14(17-11-12)19-9-7-18(8-10-19)13-3-5-16-6-4-13/h1-6,11H,7-10H2. The minimum Gasteiger partial charge on any atom is -0.368 e. The molecule has 2 aromatic rings. The summed E-state index contributed by atoms with van der Waals surface area (Å²) in [5, 5.41) is 0.680. The minimum atomic E-state index is 0.680. The van der Waals surface area contributed by atoms with Gasteiger partial charge >= 0.3 is 0 Å². The SMILES string of the molecule is Clc1ccc(N2CCN(c3ccncc3)CC2)nc1. The molecule has 1 aliphatic rings. The lowest BCUT2D eigenvalue weighted by Gasteiger charge is -2.36. The largest absolute Gasteiger partial charge is 0.368 e. The van der Waals surface area contributed by atoms with E-state index in [0.29, 0.717) is 5.02 Å². The Labute approximate surface area is 117 Å². The molecule has 0 radical (unpaired) electrons. The average Bonchev–Trinajstić information content (AvgIpc) is 2.49. The van der Waals surface area contributed by atoms with E-state index >= 15 is 0 Å². The number of anilines is 2. The predicted octanol–water partition coefficient (Wildman–Crippen LogP) is 2.46. The molecule has 1 fully saturated rings. The van der Waals surface area contributed by atoms with Crippen molar-refractivity contribution >= 4 is 23.1 Å². The van der Waals surface area contributed by atoms with Crippen molar-refractivity contribution in [2.24, 2.45) is 0 Å². The van der Waals surface area contributed by atoms with Gasteiger partial charge in [0, 0.05) is 50.5 Å². The van der Waals surface area contributed by atoms with Crippen LogP contribution in [0.15, 0.2) is 42.9 Å². The van der Waals surface area contributed by atoms with Gasteiger partial charge in [-0.25, -0.2) is 4.98 Å². The topological polar surface area (TPSA) is 32.3 Å². The van der Waals surface area contributed by atoms with Crippen molar-refractivity contribution in [2.75, 3.05) is 36.0 Å². The zero-order valence-corrected chi connectivity index (χ0v) is 11.3. The molecule has 4 nitrogen and oxygen atoms in total. The van der Waals surface area contributed by atoms with Crippen LogP contribution in [0.2, 0.25) is 5.02 Å². The van der Waals surface area contributed by atoms with E-state index in [2.05, 4.69) is 31.9 Å². The van der Waals surface area contributed by atoms with Crippen LogP contribution in [-0.4, -0.2) is 36.1 Å². The third kappa shape index (κ3) is 2.79. The van der Waals surface area contributed by atoms with E-state index in [9.17, 15) is 0 Å². The predicted molar refractivity (Wildman–Crippen MR) is 77.9 cm³/mol. The first-order chi connectivity index (χ1) is 9.33. The average molecular weight is 275 g/mol. The van der Waals surface area contributed by atoms with Crippen molar-refractivity contribution in [3.63, 3.8) is 0 Å². The molecule has 0 aliphatic carbocycles. The van der Waals surface area contributed by atoms with E-state index in [4.69, 9.17) is 11.6 Å². The second-order valence-corrected chi connectivity index (χ2v) is 4.95. The maximum absolute atomic E-state index is 5.86. The molecule has 98 valence electrons.